The van der Waals surface area contributed by atoms with Gasteiger partial charge in [-0.2, -0.15) is 0 Å². The first-order chi connectivity index (χ1) is 12.1. The Kier molecular flexibility index (Phi) is 4.28. The first-order valence-electron chi connectivity index (χ1n) is 10.6. The molecule has 0 spiro atoms. The summed E-state index contributed by atoms with van der Waals surface area (Å²) < 4.78 is 19.5. The molecule has 26 heavy (non-hydrogen) atoms. The minimum atomic E-state index is -0.417. The van der Waals surface area contributed by atoms with Crippen molar-refractivity contribution in [2.45, 2.75) is 109 Å². The molecule has 3 heterocycles. The molecule has 0 aromatic carbocycles. The monoisotopic (exact) mass is 364 g/mol. The van der Waals surface area contributed by atoms with Crippen LogP contribution in [0, 0.1) is 23.7 Å². The van der Waals surface area contributed by atoms with Gasteiger partial charge in [-0.3, -0.25) is 4.79 Å². The molecule has 0 aromatic heterocycles. The van der Waals surface area contributed by atoms with E-state index in [-0.39, 0.29) is 35.3 Å². The number of hydrogen-bond acceptors (Lipinski definition) is 4. The number of rotatable bonds is 2. The Bertz CT molecular complexity index is 589. The van der Waals surface area contributed by atoms with E-state index in [1.807, 2.05) is 0 Å². The van der Waals surface area contributed by atoms with E-state index < -0.39 is 5.60 Å². The van der Waals surface area contributed by atoms with Crippen LogP contribution in [0.2, 0.25) is 0 Å². The van der Waals surface area contributed by atoms with Gasteiger partial charge < -0.3 is 14.2 Å². The van der Waals surface area contributed by atoms with E-state index in [4.69, 9.17) is 14.2 Å². The zero-order chi connectivity index (χ0) is 18.9. The lowest BCUT2D eigenvalue weighted by Crippen LogP contribution is -2.60. The Morgan fingerprint density at radius 2 is 1.88 bits per heavy atom. The summed E-state index contributed by atoms with van der Waals surface area (Å²) in [7, 11) is 0. The molecular formula is C22H36O4. The fraction of sp³-hybridized carbons (Fsp3) is 0.955. The van der Waals surface area contributed by atoms with E-state index in [2.05, 4.69) is 34.6 Å². The number of hydrogen-bond donors (Lipinski definition) is 0. The summed E-state index contributed by atoms with van der Waals surface area (Å²) in [5.41, 5.74) is -0.748. The third kappa shape index (κ3) is 2.74. The van der Waals surface area contributed by atoms with Crippen molar-refractivity contribution in [1.29, 1.82) is 0 Å². The first-order valence-corrected chi connectivity index (χ1v) is 10.6. The highest BCUT2D eigenvalue weighted by Crippen LogP contribution is 2.61. The predicted molar refractivity (Wildman–Crippen MR) is 99.7 cm³/mol. The van der Waals surface area contributed by atoms with Gasteiger partial charge in [0.15, 0.2) is 0 Å². The predicted octanol–water partition coefficient (Wildman–Crippen LogP) is 4.50. The van der Waals surface area contributed by atoms with Crippen LogP contribution in [-0.4, -0.2) is 35.0 Å². The Labute approximate surface area is 158 Å². The van der Waals surface area contributed by atoms with Crippen LogP contribution in [0.3, 0.4) is 0 Å². The van der Waals surface area contributed by atoms with E-state index >= 15 is 0 Å². The van der Waals surface area contributed by atoms with Crippen molar-refractivity contribution in [2.24, 2.45) is 23.7 Å². The smallest absolute Gasteiger partial charge is 0.303 e. The Hall–Kier alpha value is -0.610. The average Bonchev–Trinajstić information content (AvgIpc) is 2.83. The minimum Gasteiger partial charge on any atom is -0.459 e. The molecule has 0 radical (unpaired) electrons. The van der Waals surface area contributed by atoms with Crippen LogP contribution in [0.15, 0.2) is 0 Å². The van der Waals surface area contributed by atoms with Crippen LogP contribution in [0.5, 0.6) is 0 Å². The summed E-state index contributed by atoms with van der Waals surface area (Å²) in [5, 5.41) is 0. The molecule has 1 aliphatic carbocycles. The second-order valence-corrected chi connectivity index (χ2v) is 10.5. The number of fused-ring (bicyclic) bond motifs is 8. The van der Waals surface area contributed by atoms with Gasteiger partial charge in [-0.1, -0.05) is 13.8 Å². The van der Waals surface area contributed by atoms with Crippen molar-refractivity contribution in [2.75, 3.05) is 0 Å². The molecule has 4 aliphatic rings. The summed E-state index contributed by atoms with van der Waals surface area (Å²) in [6.07, 6.45) is 6.58. The van der Waals surface area contributed by atoms with Gasteiger partial charge in [-0.15, -0.1) is 0 Å². The number of ether oxygens (including phenoxy) is 3. The molecule has 4 bridgehead atoms. The van der Waals surface area contributed by atoms with Crippen molar-refractivity contribution >= 4 is 5.97 Å². The molecule has 0 amide bonds. The zero-order valence-corrected chi connectivity index (χ0v) is 17.3. The number of esters is 1. The van der Waals surface area contributed by atoms with Crippen LogP contribution in [0.25, 0.3) is 0 Å². The summed E-state index contributed by atoms with van der Waals surface area (Å²) in [4.78, 5) is 11.9. The molecule has 4 rings (SSSR count). The molecule has 8 atom stereocenters. The lowest BCUT2D eigenvalue weighted by molar-refractivity contribution is -0.219. The van der Waals surface area contributed by atoms with Gasteiger partial charge in [-0.05, 0) is 64.7 Å². The average molecular weight is 365 g/mol. The van der Waals surface area contributed by atoms with Gasteiger partial charge in [0.1, 0.15) is 5.60 Å². The summed E-state index contributed by atoms with van der Waals surface area (Å²) in [5.74, 6) is 1.73. The molecule has 0 aromatic rings. The normalized spacial score (nSPS) is 53.1. The van der Waals surface area contributed by atoms with E-state index in [9.17, 15) is 4.79 Å². The maximum Gasteiger partial charge on any atom is 0.303 e. The molecule has 148 valence electrons. The number of carbonyl (C=O) groups is 1. The maximum absolute atomic E-state index is 11.9. The standard InChI is InChI=1S/C22H36O4/c1-13(2)15-8-11-21(5,25-14(3)23)18-16-12-20(4)9-7-10-22(6,26-20)19(24-16)17(15)18/h13,15-19H,7-12H2,1-6H3/t15-,16-,17-,18+,19-,20+,21-,22-/m0/s1. The fourth-order valence-electron chi connectivity index (χ4n) is 7.10. The van der Waals surface area contributed by atoms with Gasteiger partial charge >= 0.3 is 5.97 Å². The van der Waals surface area contributed by atoms with Gasteiger partial charge in [0.05, 0.1) is 23.4 Å². The van der Waals surface area contributed by atoms with E-state index in [1.54, 1.807) is 6.92 Å². The molecule has 4 fully saturated rings. The second kappa shape index (κ2) is 5.94. The van der Waals surface area contributed by atoms with Crippen molar-refractivity contribution in [3.8, 4) is 0 Å². The Morgan fingerprint density at radius 3 is 2.54 bits per heavy atom. The summed E-state index contributed by atoms with van der Waals surface area (Å²) >= 11 is 0. The third-order valence-corrected chi connectivity index (χ3v) is 7.99. The van der Waals surface area contributed by atoms with Gasteiger partial charge in [0, 0.05) is 25.2 Å². The van der Waals surface area contributed by atoms with Gasteiger partial charge in [0.2, 0.25) is 0 Å². The highest BCUT2D eigenvalue weighted by atomic mass is 16.6. The van der Waals surface area contributed by atoms with Crippen molar-refractivity contribution in [3.05, 3.63) is 0 Å². The molecular weight excluding hydrogens is 328 g/mol. The topological polar surface area (TPSA) is 44.8 Å². The molecule has 0 unspecified atom stereocenters. The Balaban J connectivity index is 1.78. The van der Waals surface area contributed by atoms with Crippen LogP contribution in [-0.2, 0) is 19.0 Å². The molecule has 1 saturated carbocycles. The second-order valence-electron chi connectivity index (χ2n) is 10.5. The lowest BCUT2D eigenvalue weighted by Gasteiger charge is -2.55. The van der Waals surface area contributed by atoms with Crippen molar-refractivity contribution < 1.29 is 19.0 Å². The van der Waals surface area contributed by atoms with Crippen LogP contribution >= 0.6 is 0 Å². The fourth-order valence-corrected chi connectivity index (χ4v) is 7.10. The highest BCUT2D eigenvalue weighted by molar-refractivity contribution is 5.66. The third-order valence-electron chi connectivity index (χ3n) is 7.99. The molecule has 4 nitrogen and oxygen atoms in total. The van der Waals surface area contributed by atoms with Crippen LogP contribution in [0.4, 0.5) is 0 Å². The lowest BCUT2D eigenvalue weighted by atomic mass is 9.56. The minimum absolute atomic E-state index is 0.112. The van der Waals surface area contributed by atoms with E-state index in [0.29, 0.717) is 17.8 Å². The quantitative estimate of drug-likeness (QED) is 0.677. The van der Waals surface area contributed by atoms with Crippen LogP contribution < -0.4 is 0 Å². The first kappa shape index (κ1) is 18.7. The molecule has 0 N–H and O–H groups in total. The van der Waals surface area contributed by atoms with Gasteiger partial charge in [-0.25, -0.2) is 0 Å². The molecule has 3 saturated heterocycles. The Morgan fingerprint density at radius 1 is 1.15 bits per heavy atom. The summed E-state index contributed by atoms with van der Waals surface area (Å²) in [6, 6.07) is 0. The maximum atomic E-state index is 11.9. The zero-order valence-electron chi connectivity index (χ0n) is 17.3. The van der Waals surface area contributed by atoms with Crippen molar-refractivity contribution in [3.63, 3.8) is 0 Å². The van der Waals surface area contributed by atoms with Gasteiger partial charge in [0.25, 0.3) is 0 Å². The largest absolute Gasteiger partial charge is 0.459 e. The van der Waals surface area contributed by atoms with E-state index in [0.717, 1.165) is 32.1 Å². The molecule has 3 aliphatic heterocycles. The highest BCUT2D eigenvalue weighted by Gasteiger charge is 2.67. The molecule has 4 heteroatoms. The number of carbonyl (C=O) groups excluding carboxylic acids is 1. The van der Waals surface area contributed by atoms with Crippen LogP contribution in [0.1, 0.15) is 80.1 Å². The summed E-state index contributed by atoms with van der Waals surface area (Å²) in [6.45, 7) is 12.9. The SMILES string of the molecule is CC(=O)O[C@@]1(C)CC[C@@H](C(C)C)[C@H]2[C@H]1[C@@H]1C[C@@]3(C)CCC[C@](C)(O3)[C@H]2O1. The van der Waals surface area contributed by atoms with Crippen molar-refractivity contribution in [1.82, 2.24) is 0 Å². The van der Waals surface area contributed by atoms with E-state index in [1.165, 1.54) is 6.42 Å².